The maximum atomic E-state index is 12.1. The van der Waals surface area contributed by atoms with Gasteiger partial charge in [-0.25, -0.2) is 0 Å². The number of carbonyl (C=O) groups is 1. The maximum Gasteiger partial charge on any atom is 0.262 e. The Morgan fingerprint density at radius 1 is 0.889 bits per heavy atom. The summed E-state index contributed by atoms with van der Waals surface area (Å²) in [6, 6.07) is 26.1. The molecule has 1 N–H and O–H groups in total. The molecule has 3 heteroatoms. The van der Waals surface area contributed by atoms with Gasteiger partial charge in [-0.05, 0) is 47.9 Å². The molecule has 0 heterocycles. The number of nitrogens with one attached hydrogen (secondary N) is 1. The van der Waals surface area contributed by atoms with Crippen LogP contribution in [0.2, 0.25) is 0 Å². The van der Waals surface area contributed by atoms with Gasteiger partial charge in [-0.15, -0.1) is 0 Å². The van der Waals surface area contributed by atoms with Crippen LogP contribution in [0.4, 0.5) is 5.69 Å². The molecule has 3 aromatic rings. The minimum absolute atomic E-state index is 0.0185. The Bertz CT molecular complexity index is 899. The van der Waals surface area contributed by atoms with E-state index in [4.69, 9.17) is 4.74 Å². The molecule has 3 rings (SSSR count). The van der Waals surface area contributed by atoms with Crippen molar-refractivity contribution in [2.24, 2.45) is 0 Å². The molecule has 3 aromatic carbocycles. The van der Waals surface area contributed by atoms with Gasteiger partial charge in [-0.2, -0.15) is 0 Å². The van der Waals surface area contributed by atoms with E-state index in [-0.39, 0.29) is 17.9 Å². The molecule has 0 spiro atoms. The number of hydrogen-bond acceptors (Lipinski definition) is 2. The lowest BCUT2D eigenvalue weighted by Gasteiger charge is -2.26. The van der Waals surface area contributed by atoms with Gasteiger partial charge >= 0.3 is 0 Å². The number of anilines is 1. The minimum atomic E-state index is -0.172. The SMILES string of the molecule is Cc1cccc(NC(=O)COc2ccc(C(C)(C)c3ccccc3)cc2)c1. The lowest BCUT2D eigenvalue weighted by atomic mass is 9.78. The van der Waals surface area contributed by atoms with Crippen molar-refractivity contribution in [3.8, 4) is 5.75 Å². The molecule has 3 nitrogen and oxygen atoms in total. The van der Waals surface area contributed by atoms with Gasteiger partial charge in [-0.3, -0.25) is 4.79 Å². The molecule has 0 radical (unpaired) electrons. The summed E-state index contributed by atoms with van der Waals surface area (Å²) in [4.78, 5) is 12.1. The Morgan fingerprint density at radius 2 is 1.56 bits per heavy atom. The number of amides is 1. The normalized spacial score (nSPS) is 11.1. The van der Waals surface area contributed by atoms with Crippen molar-refractivity contribution >= 4 is 11.6 Å². The molecule has 0 atom stereocenters. The third-order valence-electron chi connectivity index (χ3n) is 4.74. The highest BCUT2D eigenvalue weighted by atomic mass is 16.5. The molecule has 0 saturated carbocycles. The van der Waals surface area contributed by atoms with Crippen LogP contribution in [-0.2, 0) is 10.2 Å². The molecule has 0 saturated heterocycles. The second-order valence-corrected chi connectivity index (χ2v) is 7.22. The van der Waals surface area contributed by atoms with Crippen molar-refractivity contribution in [1.29, 1.82) is 0 Å². The predicted octanol–water partition coefficient (Wildman–Crippen LogP) is 5.34. The molecule has 0 unspecified atom stereocenters. The van der Waals surface area contributed by atoms with Crippen LogP contribution >= 0.6 is 0 Å². The molecule has 0 aliphatic carbocycles. The summed E-state index contributed by atoms with van der Waals surface area (Å²) in [5.74, 6) is 0.510. The van der Waals surface area contributed by atoms with E-state index in [0.717, 1.165) is 11.3 Å². The number of carbonyl (C=O) groups excluding carboxylic acids is 1. The quantitative estimate of drug-likeness (QED) is 0.645. The average Bonchev–Trinajstić information content (AvgIpc) is 2.67. The van der Waals surface area contributed by atoms with E-state index in [9.17, 15) is 4.79 Å². The van der Waals surface area contributed by atoms with E-state index in [1.54, 1.807) is 0 Å². The van der Waals surface area contributed by atoms with E-state index in [1.807, 2.05) is 49.4 Å². The fourth-order valence-corrected chi connectivity index (χ4v) is 3.06. The number of hydrogen-bond donors (Lipinski definition) is 1. The first kappa shape index (κ1) is 18.7. The third kappa shape index (κ3) is 4.76. The molecule has 0 aliphatic heterocycles. The Balaban J connectivity index is 1.60. The monoisotopic (exact) mass is 359 g/mol. The van der Waals surface area contributed by atoms with E-state index < -0.39 is 0 Å². The van der Waals surface area contributed by atoms with Gasteiger partial charge in [0.25, 0.3) is 5.91 Å². The zero-order valence-corrected chi connectivity index (χ0v) is 16.0. The van der Waals surface area contributed by atoms with Crippen LogP contribution in [0.15, 0.2) is 78.9 Å². The second kappa shape index (κ2) is 8.09. The summed E-state index contributed by atoms with van der Waals surface area (Å²) >= 11 is 0. The highest BCUT2D eigenvalue weighted by molar-refractivity contribution is 5.91. The smallest absolute Gasteiger partial charge is 0.262 e. The molecular formula is C24H25NO2. The third-order valence-corrected chi connectivity index (χ3v) is 4.74. The van der Waals surface area contributed by atoms with Crippen LogP contribution in [0.25, 0.3) is 0 Å². The van der Waals surface area contributed by atoms with Crippen molar-refractivity contribution in [3.63, 3.8) is 0 Å². The summed E-state index contributed by atoms with van der Waals surface area (Å²) in [6.45, 7) is 6.38. The molecule has 0 aromatic heterocycles. The first-order chi connectivity index (χ1) is 12.9. The molecule has 0 fully saturated rings. The lowest BCUT2D eigenvalue weighted by Crippen LogP contribution is -2.20. The minimum Gasteiger partial charge on any atom is -0.484 e. The van der Waals surface area contributed by atoms with Crippen LogP contribution in [-0.4, -0.2) is 12.5 Å². The van der Waals surface area contributed by atoms with Gasteiger partial charge in [0.1, 0.15) is 5.75 Å². The van der Waals surface area contributed by atoms with E-state index in [2.05, 4.69) is 55.6 Å². The summed E-state index contributed by atoms with van der Waals surface area (Å²) in [6.07, 6.45) is 0. The van der Waals surface area contributed by atoms with Crippen LogP contribution in [0.1, 0.15) is 30.5 Å². The van der Waals surface area contributed by atoms with Crippen molar-refractivity contribution in [3.05, 3.63) is 95.6 Å². The summed E-state index contributed by atoms with van der Waals surface area (Å²) < 4.78 is 5.63. The number of benzene rings is 3. The number of rotatable bonds is 6. The van der Waals surface area contributed by atoms with Crippen LogP contribution in [0, 0.1) is 6.92 Å². The standard InChI is InChI=1S/C24H25NO2/c1-18-8-7-11-21(16-18)25-23(26)17-27-22-14-12-20(13-15-22)24(2,3)19-9-5-4-6-10-19/h4-16H,17H2,1-3H3,(H,25,26). The van der Waals surface area contributed by atoms with E-state index >= 15 is 0 Å². The summed E-state index contributed by atoms with van der Waals surface area (Å²) in [5, 5.41) is 2.85. The molecule has 0 aliphatic rings. The van der Waals surface area contributed by atoms with Crippen molar-refractivity contribution in [1.82, 2.24) is 0 Å². The second-order valence-electron chi connectivity index (χ2n) is 7.22. The van der Waals surface area contributed by atoms with E-state index in [0.29, 0.717) is 5.75 Å². The summed E-state index contributed by atoms with van der Waals surface area (Å²) in [7, 11) is 0. The van der Waals surface area contributed by atoms with Gasteiger partial charge in [-0.1, -0.05) is 68.4 Å². The van der Waals surface area contributed by atoms with Gasteiger partial charge in [0.2, 0.25) is 0 Å². The van der Waals surface area contributed by atoms with Crippen molar-refractivity contribution in [2.45, 2.75) is 26.2 Å². The summed E-state index contributed by atoms with van der Waals surface area (Å²) in [5.41, 5.74) is 4.25. The maximum absolute atomic E-state index is 12.1. The van der Waals surface area contributed by atoms with Crippen molar-refractivity contribution in [2.75, 3.05) is 11.9 Å². The van der Waals surface area contributed by atoms with Gasteiger partial charge in [0, 0.05) is 11.1 Å². The van der Waals surface area contributed by atoms with Crippen LogP contribution in [0.5, 0.6) is 5.75 Å². The fraction of sp³-hybridized carbons (Fsp3) is 0.208. The lowest BCUT2D eigenvalue weighted by molar-refractivity contribution is -0.118. The van der Waals surface area contributed by atoms with Gasteiger partial charge < -0.3 is 10.1 Å². The molecule has 0 bridgehead atoms. The Hall–Kier alpha value is -3.07. The van der Waals surface area contributed by atoms with Crippen LogP contribution < -0.4 is 10.1 Å². The molecule has 138 valence electrons. The van der Waals surface area contributed by atoms with Crippen molar-refractivity contribution < 1.29 is 9.53 Å². The molecule has 27 heavy (non-hydrogen) atoms. The van der Waals surface area contributed by atoms with Gasteiger partial charge in [0.15, 0.2) is 6.61 Å². The Kier molecular flexibility index (Phi) is 5.60. The fourth-order valence-electron chi connectivity index (χ4n) is 3.06. The van der Waals surface area contributed by atoms with Gasteiger partial charge in [0.05, 0.1) is 0 Å². The highest BCUT2D eigenvalue weighted by Gasteiger charge is 2.22. The number of ether oxygens (including phenoxy) is 1. The molecule has 1 amide bonds. The molecular weight excluding hydrogens is 334 g/mol. The largest absolute Gasteiger partial charge is 0.484 e. The topological polar surface area (TPSA) is 38.3 Å². The number of aryl methyl sites for hydroxylation is 1. The Labute approximate surface area is 161 Å². The highest BCUT2D eigenvalue weighted by Crippen LogP contribution is 2.32. The first-order valence-electron chi connectivity index (χ1n) is 9.10. The van der Waals surface area contributed by atoms with Crippen LogP contribution in [0.3, 0.4) is 0 Å². The zero-order valence-electron chi connectivity index (χ0n) is 16.0. The first-order valence-corrected chi connectivity index (χ1v) is 9.10. The predicted molar refractivity (Wildman–Crippen MR) is 110 cm³/mol. The Morgan fingerprint density at radius 3 is 2.22 bits per heavy atom. The zero-order chi connectivity index (χ0) is 19.3. The van der Waals surface area contributed by atoms with E-state index in [1.165, 1.54) is 11.1 Å². The average molecular weight is 359 g/mol.